The zero-order chi connectivity index (χ0) is 19.7. The summed E-state index contributed by atoms with van der Waals surface area (Å²) < 4.78 is 42.0. The Balaban J connectivity index is 1.79. The minimum atomic E-state index is -3.85. The lowest BCUT2D eigenvalue weighted by molar-refractivity contribution is 0.371. The first-order valence-corrected chi connectivity index (χ1v) is 10.9. The van der Waals surface area contributed by atoms with Gasteiger partial charge in [0, 0.05) is 10.9 Å². The molecule has 0 bridgehead atoms. The van der Waals surface area contributed by atoms with E-state index in [0.29, 0.717) is 17.7 Å². The zero-order valence-corrected chi connectivity index (χ0v) is 17.1. The highest BCUT2D eigenvalue weighted by Crippen LogP contribution is 2.37. The van der Waals surface area contributed by atoms with E-state index in [1.54, 1.807) is 42.5 Å². The van der Waals surface area contributed by atoms with Crippen LogP contribution in [0.3, 0.4) is 0 Å². The normalized spacial score (nSPS) is 16.9. The van der Waals surface area contributed by atoms with Crippen molar-refractivity contribution in [1.29, 1.82) is 0 Å². The van der Waals surface area contributed by atoms with Gasteiger partial charge in [-0.25, -0.2) is 4.39 Å². The molecule has 0 saturated heterocycles. The molecule has 142 valence electrons. The molecule has 28 heavy (non-hydrogen) atoms. The van der Waals surface area contributed by atoms with Crippen molar-refractivity contribution >= 4 is 31.7 Å². The van der Waals surface area contributed by atoms with E-state index in [1.807, 2.05) is 24.3 Å². The second-order valence-corrected chi connectivity index (χ2v) is 9.13. The quantitative estimate of drug-likeness (QED) is 0.544. The van der Waals surface area contributed by atoms with Crippen LogP contribution in [0.1, 0.15) is 23.6 Å². The third-order valence-corrected chi connectivity index (χ3v) is 6.82. The van der Waals surface area contributed by atoms with Crippen molar-refractivity contribution in [2.45, 2.75) is 17.4 Å². The summed E-state index contributed by atoms with van der Waals surface area (Å²) in [6.07, 6.45) is 0.402. The van der Waals surface area contributed by atoms with Crippen LogP contribution in [0.4, 0.5) is 4.39 Å². The summed E-state index contributed by atoms with van der Waals surface area (Å²) in [5, 5.41) is 4.47. The molecule has 0 unspecified atom stereocenters. The molecule has 0 amide bonds. The van der Waals surface area contributed by atoms with Crippen LogP contribution in [0, 0.1) is 5.82 Å². The number of benzene rings is 3. The summed E-state index contributed by atoms with van der Waals surface area (Å²) in [5.41, 5.74) is 2.21. The molecule has 0 N–H and O–H groups in total. The standard InChI is InChI=1S/C21H16BrFN2O2S/c22-17-10-6-15(7-11-17)20-14-21(16-8-12-18(23)13-9-16)25(24-20)28(26,27)19-4-2-1-3-5-19/h1-13,21H,14H2/t21-/m0/s1. The van der Waals surface area contributed by atoms with Gasteiger partial charge in [0.1, 0.15) is 5.82 Å². The van der Waals surface area contributed by atoms with Gasteiger partial charge in [0.15, 0.2) is 0 Å². The van der Waals surface area contributed by atoms with Gasteiger partial charge in [-0.15, -0.1) is 0 Å². The average molecular weight is 459 g/mol. The molecule has 7 heteroatoms. The van der Waals surface area contributed by atoms with E-state index in [0.717, 1.165) is 14.5 Å². The number of hydrogen-bond acceptors (Lipinski definition) is 3. The number of sulfonamides is 1. The predicted molar refractivity (Wildman–Crippen MR) is 110 cm³/mol. The molecular formula is C21H16BrFN2O2S. The molecular weight excluding hydrogens is 443 g/mol. The molecule has 3 aromatic rings. The highest BCUT2D eigenvalue weighted by molar-refractivity contribution is 9.10. The van der Waals surface area contributed by atoms with Crippen molar-refractivity contribution in [3.05, 3.63) is 100 Å². The molecule has 4 nitrogen and oxygen atoms in total. The second kappa shape index (κ2) is 7.48. The lowest BCUT2D eigenvalue weighted by Crippen LogP contribution is -2.27. The summed E-state index contributed by atoms with van der Waals surface area (Å²) in [6, 6.07) is 21.1. The molecule has 0 spiro atoms. The fourth-order valence-corrected chi connectivity index (χ4v) is 4.88. The van der Waals surface area contributed by atoms with Crippen LogP contribution in [0.2, 0.25) is 0 Å². The minimum Gasteiger partial charge on any atom is -0.207 e. The van der Waals surface area contributed by atoms with Crippen LogP contribution in [0.25, 0.3) is 0 Å². The summed E-state index contributed by atoms with van der Waals surface area (Å²) in [6.45, 7) is 0. The van der Waals surface area contributed by atoms with Crippen LogP contribution in [0.5, 0.6) is 0 Å². The lowest BCUT2D eigenvalue weighted by atomic mass is 9.99. The van der Waals surface area contributed by atoms with Crippen molar-refractivity contribution in [3.8, 4) is 0 Å². The smallest absolute Gasteiger partial charge is 0.207 e. The highest BCUT2D eigenvalue weighted by atomic mass is 79.9. The first-order chi connectivity index (χ1) is 13.4. The van der Waals surface area contributed by atoms with Crippen LogP contribution in [0.15, 0.2) is 93.3 Å². The third-order valence-electron chi connectivity index (χ3n) is 4.59. The monoisotopic (exact) mass is 458 g/mol. The summed E-state index contributed by atoms with van der Waals surface area (Å²) in [5.74, 6) is -0.367. The van der Waals surface area contributed by atoms with Crippen molar-refractivity contribution < 1.29 is 12.8 Å². The molecule has 3 aromatic carbocycles. The Kier molecular flexibility index (Phi) is 5.03. The maximum Gasteiger partial charge on any atom is 0.279 e. The van der Waals surface area contributed by atoms with Crippen LogP contribution in [-0.4, -0.2) is 18.5 Å². The van der Waals surface area contributed by atoms with E-state index in [2.05, 4.69) is 21.0 Å². The van der Waals surface area contributed by atoms with Crippen LogP contribution >= 0.6 is 15.9 Å². The summed E-state index contributed by atoms with van der Waals surface area (Å²) >= 11 is 3.40. The molecule has 0 aliphatic carbocycles. The first-order valence-electron chi connectivity index (χ1n) is 8.63. The largest absolute Gasteiger partial charge is 0.279 e. The molecule has 0 saturated carbocycles. The minimum absolute atomic E-state index is 0.169. The highest BCUT2D eigenvalue weighted by Gasteiger charge is 2.37. The molecule has 1 heterocycles. The molecule has 1 aliphatic rings. The molecule has 4 rings (SSSR count). The Morgan fingerprint density at radius 1 is 0.929 bits per heavy atom. The third kappa shape index (κ3) is 3.59. The Morgan fingerprint density at radius 2 is 1.57 bits per heavy atom. The fraction of sp³-hybridized carbons (Fsp3) is 0.0952. The maximum absolute atomic E-state index is 13.4. The zero-order valence-electron chi connectivity index (χ0n) is 14.7. The molecule has 1 aliphatic heterocycles. The number of rotatable bonds is 4. The summed E-state index contributed by atoms with van der Waals surface area (Å²) in [4.78, 5) is 0.169. The SMILES string of the molecule is O=S(=O)(c1ccccc1)N1N=C(c2ccc(Br)cc2)C[C@H]1c1ccc(F)cc1. The van der Waals surface area contributed by atoms with Gasteiger partial charge in [-0.05, 0) is 47.5 Å². The Morgan fingerprint density at radius 3 is 2.21 bits per heavy atom. The van der Waals surface area contributed by atoms with Gasteiger partial charge < -0.3 is 0 Å². The molecule has 0 fully saturated rings. The molecule has 1 atom stereocenters. The van der Waals surface area contributed by atoms with E-state index >= 15 is 0 Å². The van der Waals surface area contributed by atoms with E-state index in [1.165, 1.54) is 12.1 Å². The van der Waals surface area contributed by atoms with Gasteiger partial charge in [-0.2, -0.15) is 17.9 Å². The average Bonchev–Trinajstić information content (AvgIpc) is 3.16. The maximum atomic E-state index is 13.4. The van der Waals surface area contributed by atoms with Crippen LogP contribution in [-0.2, 0) is 10.0 Å². The lowest BCUT2D eigenvalue weighted by Gasteiger charge is -2.23. The fourth-order valence-electron chi connectivity index (χ4n) is 3.16. The predicted octanol–water partition coefficient (Wildman–Crippen LogP) is 5.13. The van der Waals surface area contributed by atoms with Crippen molar-refractivity contribution in [2.75, 3.05) is 0 Å². The van der Waals surface area contributed by atoms with Crippen LogP contribution < -0.4 is 0 Å². The number of hydrogen-bond donors (Lipinski definition) is 0. The van der Waals surface area contributed by atoms with E-state index in [9.17, 15) is 12.8 Å². The Hall–Kier alpha value is -2.51. The van der Waals surface area contributed by atoms with Crippen molar-refractivity contribution in [3.63, 3.8) is 0 Å². The first kappa shape index (κ1) is 18.8. The van der Waals surface area contributed by atoms with E-state index in [-0.39, 0.29) is 10.7 Å². The van der Waals surface area contributed by atoms with Gasteiger partial charge in [-0.3, -0.25) is 0 Å². The van der Waals surface area contributed by atoms with Gasteiger partial charge >= 0.3 is 0 Å². The molecule has 0 radical (unpaired) electrons. The molecule has 0 aromatic heterocycles. The number of halogens is 2. The summed E-state index contributed by atoms with van der Waals surface area (Å²) in [7, 11) is -3.85. The van der Waals surface area contributed by atoms with Gasteiger partial charge in [0.05, 0.1) is 16.6 Å². The number of hydrazone groups is 1. The van der Waals surface area contributed by atoms with Crippen molar-refractivity contribution in [2.24, 2.45) is 5.10 Å². The van der Waals surface area contributed by atoms with Gasteiger partial charge in [0.2, 0.25) is 0 Å². The topological polar surface area (TPSA) is 49.7 Å². The Labute approximate surface area is 171 Å². The van der Waals surface area contributed by atoms with Gasteiger partial charge in [0.25, 0.3) is 10.0 Å². The van der Waals surface area contributed by atoms with Crippen molar-refractivity contribution in [1.82, 2.24) is 4.41 Å². The second-order valence-electron chi connectivity index (χ2n) is 6.42. The Bertz CT molecular complexity index is 1120. The van der Waals surface area contributed by atoms with Gasteiger partial charge in [-0.1, -0.05) is 58.4 Å². The van der Waals surface area contributed by atoms with E-state index < -0.39 is 16.1 Å². The van der Waals surface area contributed by atoms with E-state index in [4.69, 9.17) is 0 Å². The number of nitrogens with zero attached hydrogens (tertiary/aromatic N) is 2.